The van der Waals surface area contributed by atoms with Crippen molar-refractivity contribution in [1.82, 2.24) is 15.0 Å². The van der Waals surface area contributed by atoms with Crippen LogP contribution < -0.4 is 0 Å². The summed E-state index contributed by atoms with van der Waals surface area (Å²) in [6.07, 6.45) is 0. The van der Waals surface area contributed by atoms with E-state index < -0.39 is 0 Å². The maximum absolute atomic E-state index is 5.08. The molecule has 0 saturated heterocycles. The molecule has 48 heavy (non-hydrogen) atoms. The molecule has 226 valence electrons. The molecule has 1 heterocycles. The maximum atomic E-state index is 5.08. The van der Waals surface area contributed by atoms with E-state index in [1.54, 1.807) is 0 Å². The van der Waals surface area contributed by atoms with Gasteiger partial charge in [0.1, 0.15) is 0 Å². The van der Waals surface area contributed by atoms with Crippen LogP contribution in [-0.2, 0) is 0 Å². The number of rotatable bonds is 7. The van der Waals surface area contributed by atoms with Crippen molar-refractivity contribution in [2.24, 2.45) is 0 Å². The van der Waals surface area contributed by atoms with Crippen molar-refractivity contribution in [2.75, 3.05) is 0 Å². The van der Waals surface area contributed by atoms with Crippen LogP contribution >= 0.6 is 0 Å². The molecular weight excluding hydrogens is 583 g/mol. The summed E-state index contributed by atoms with van der Waals surface area (Å²) in [5.74, 6) is 1.91. The second-order valence-corrected chi connectivity index (χ2v) is 11.7. The maximum Gasteiger partial charge on any atom is 0.164 e. The Kier molecular flexibility index (Phi) is 7.92. The van der Waals surface area contributed by atoms with Gasteiger partial charge < -0.3 is 0 Å². The van der Waals surface area contributed by atoms with Crippen LogP contribution in [0.5, 0.6) is 0 Å². The van der Waals surface area contributed by atoms with Gasteiger partial charge in [-0.05, 0) is 74.8 Å². The summed E-state index contributed by atoms with van der Waals surface area (Å²) in [7, 11) is 0. The second kappa shape index (κ2) is 13.1. The number of aromatic nitrogens is 3. The molecule has 0 spiro atoms. The minimum Gasteiger partial charge on any atom is -0.208 e. The third-order valence-corrected chi connectivity index (χ3v) is 8.50. The molecule has 8 rings (SSSR count). The lowest BCUT2D eigenvalue weighted by atomic mass is 9.93. The average molecular weight is 614 g/mol. The zero-order valence-electron chi connectivity index (χ0n) is 26.2. The molecule has 0 aliphatic carbocycles. The molecule has 1 aromatic heterocycles. The van der Waals surface area contributed by atoms with Gasteiger partial charge in [-0.25, -0.2) is 15.0 Å². The zero-order chi connectivity index (χ0) is 32.1. The molecule has 8 aromatic rings. The Morgan fingerprint density at radius 1 is 0.188 bits per heavy atom. The van der Waals surface area contributed by atoms with Gasteiger partial charge in [0.25, 0.3) is 0 Å². The Morgan fingerprint density at radius 2 is 0.438 bits per heavy atom. The molecule has 7 aromatic carbocycles. The summed E-state index contributed by atoms with van der Waals surface area (Å²) < 4.78 is 0. The summed E-state index contributed by atoms with van der Waals surface area (Å²) in [4.78, 5) is 15.1. The van der Waals surface area contributed by atoms with E-state index in [9.17, 15) is 0 Å². The van der Waals surface area contributed by atoms with E-state index in [1.165, 1.54) is 22.3 Å². The van der Waals surface area contributed by atoms with Gasteiger partial charge in [-0.1, -0.05) is 158 Å². The molecule has 0 aliphatic heterocycles. The first kappa shape index (κ1) is 29.0. The average Bonchev–Trinajstić information content (AvgIpc) is 3.19. The number of hydrogen-bond acceptors (Lipinski definition) is 3. The van der Waals surface area contributed by atoms with Crippen molar-refractivity contribution in [3.63, 3.8) is 0 Å². The predicted octanol–water partition coefficient (Wildman–Crippen LogP) is 11.5. The van der Waals surface area contributed by atoms with Crippen molar-refractivity contribution in [2.45, 2.75) is 0 Å². The highest BCUT2D eigenvalue weighted by Crippen LogP contribution is 2.35. The Balaban J connectivity index is 1.26. The molecule has 3 nitrogen and oxygen atoms in total. The molecule has 0 unspecified atom stereocenters. The first-order valence-electron chi connectivity index (χ1n) is 16.1. The smallest absolute Gasteiger partial charge is 0.164 e. The van der Waals surface area contributed by atoms with Crippen LogP contribution in [0.15, 0.2) is 188 Å². The molecule has 3 heteroatoms. The molecule has 0 radical (unpaired) electrons. The topological polar surface area (TPSA) is 38.7 Å². The number of benzene rings is 7. The van der Waals surface area contributed by atoms with E-state index in [0.29, 0.717) is 17.5 Å². The molecular formula is C45H31N3. The van der Waals surface area contributed by atoms with Crippen molar-refractivity contribution in [3.8, 4) is 78.7 Å². The lowest BCUT2D eigenvalue weighted by Gasteiger charge is -2.13. The molecule has 0 fully saturated rings. The fourth-order valence-corrected chi connectivity index (χ4v) is 6.05. The second-order valence-electron chi connectivity index (χ2n) is 11.7. The summed E-state index contributed by atoms with van der Waals surface area (Å²) in [6, 6.07) is 65.3. The Morgan fingerprint density at radius 3 is 0.854 bits per heavy atom. The summed E-state index contributed by atoms with van der Waals surface area (Å²) >= 11 is 0. The largest absolute Gasteiger partial charge is 0.208 e. The van der Waals surface area contributed by atoms with Crippen LogP contribution in [0.3, 0.4) is 0 Å². The van der Waals surface area contributed by atoms with Crippen molar-refractivity contribution in [1.29, 1.82) is 0 Å². The normalized spacial score (nSPS) is 10.9. The molecule has 0 bridgehead atoms. The van der Waals surface area contributed by atoms with Gasteiger partial charge in [0.2, 0.25) is 0 Å². The van der Waals surface area contributed by atoms with Gasteiger partial charge in [-0.15, -0.1) is 0 Å². The SMILES string of the molecule is c1ccc(-c2cc(-c3ccccc3)cc(-c3cccc(-c4nc(-c5ccccc5)nc(-c5cccc(-c6ccccc6)c5)n4)c3)c2)cc1. The van der Waals surface area contributed by atoms with Crippen molar-refractivity contribution >= 4 is 0 Å². The quantitative estimate of drug-likeness (QED) is 0.179. The van der Waals surface area contributed by atoms with Crippen LogP contribution in [0.25, 0.3) is 78.7 Å². The van der Waals surface area contributed by atoms with Gasteiger partial charge in [-0.2, -0.15) is 0 Å². The van der Waals surface area contributed by atoms with Crippen LogP contribution in [0.2, 0.25) is 0 Å². The van der Waals surface area contributed by atoms with E-state index in [4.69, 9.17) is 15.0 Å². The van der Waals surface area contributed by atoms with Crippen LogP contribution in [-0.4, -0.2) is 15.0 Å². The predicted molar refractivity (Wildman–Crippen MR) is 198 cm³/mol. The molecule has 0 atom stereocenters. The van der Waals surface area contributed by atoms with E-state index in [2.05, 4.69) is 152 Å². The Hall–Kier alpha value is -6.45. The standard InChI is InChI=1S/C45H31N3/c1-5-15-32(16-6-1)36-23-13-25-38(27-36)44-46-43(35-21-11-4-12-22-35)47-45(48-44)39-26-14-24-37(28-39)42-30-40(33-17-7-2-8-18-33)29-41(31-42)34-19-9-3-10-20-34/h1-31H. The first-order valence-corrected chi connectivity index (χ1v) is 16.1. The Labute approximate surface area is 280 Å². The minimum absolute atomic E-state index is 0.633. The van der Waals surface area contributed by atoms with E-state index in [1.807, 2.05) is 36.4 Å². The van der Waals surface area contributed by atoms with Gasteiger partial charge in [0.05, 0.1) is 0 Å². The molecule has 0 saturated carbocycles. The summed E-state index contributed by atoms with van der Waals surface area (Å²) in [5.41, 5.74) is 12.0. The van der Waals surface area contributed by atoms with Crippen molar-refractivity contribution < 1.29 is 0 Å². The monoisotopic (exact) mass is 613 g/mol. The van der Waals surface area contributed by atoms with Crippen LogP contribution in [0.1, 0.15) is 0 Å². The van der Waals surface area contributed by atoms with Gasteiger partial charge >= 0.3 is 0 Å². The third-order valence-electron chi connectivity index (χ3n) is 8.50. The van der Waals surface area contributed by atoms with E-state index >= 15 is 0 Å². The van der Waals surface area contributed by atoms with E-state index in [0.717, 1.165) is 38.9 Å². The highest BCUT2D eigenvalue weighted by molar-refractivity contribution is 5.82. The fourth-order valence-electron chi connectivity index (χ4n) is 6.05. The third kappa shape index (κ3) is 6.18. The summed E-state index contributed by atoms with van der Waals surface area (Å²) in [6.45, 7) is 0. The molecule has 0 aliphatic rings. The highest BCUT2D eigenvalue weighted by atomic mass is 15.0. The fraction of sp³-hybridized carbons (Fsp3) is 0. The van der Waals surface area contributed by atoms with Crippen LogP contribution in [0.4, 0.5) is 0 Å². The van der Waals surface area contributed by atoms with Gasteiger partial charge in [-0.3, -0.25) is 0 Å². The highest BCUT2D eigenvalue weighted by Gasteiger charge is 2.14. The summed E-state index contributed by atoms with van der Waals surface area (Å²) in [5, 5.41) is 0. The first-order chi connectivity index (χ1) is 23.8. The zero-order valence-corrected chi connectivity index (χ0v) is 26.2. The lowest BCUT2D eigenvalue weighted by Crippen LogP contribution is -2.00. The van der Waals surface area contributed by atoms with Gasteiger partial charge in [0.15, 0.2) is 17.5 Å². The Bertz CT molecular complexity index is 2260. The number of hydrogen-bond donors (Lipinski definition) is 0. The van der Waals surface area contributed by atoms with Gasteiger partial charge in [0, 0.05) is 16.7 Å². The van der Waals surface area contributed by atoms with Crippen LogP contribution in [0, 0.1) is 0 Å². The minimum atomic E-state index is 0.633. The number of nitrogens with zero attached hydrogens (tertiary/aromatic N) is 3. The lowest BCUT2D eigenvalue weighted by molar-refractivity contribution is 1.07. The molecule has 0 amide bonds. The van der Waals surface area contributed by atoms with Crippen molar-refractivity contribution in [3.05, 3.63) is 188 Å². The molecule has 0 N–H and O–H groups in total. The van der Waals surface area contributed by atoms with E-state index in [-0.39, 0.29) is 0 Å².